The quantitative estimate of drug-likeness (QED) is 0.589. The highest BCUT2D eigenvalue weighted by atomic mass is 16.6. The second-order valence-corrected chi connectivity index (χ2v) is 5.12. The molecule has 3 heterocycles. The molecule has 102 valence electrons. The van der Waals surface area contributed by atoms with Crippen molar-refractivity contribution < 1.29 is 10.0 Å². The monoisotopic (exact) mass is 265 g/mol. The number of hydrogen-bond acceptors (Lipinski definition) is 7. The van der Waals surface area contributed by atoms with Crippen molar-refractivity contribution in [2.24, 2.45) is 0 Å². The van der Waals surface area contributed by atoms with Gasteiger partial charge in [0.1, 0.15) is 6.20 Å². The Bertz CT molecular complexity index is 509. The largest absolute Gasteiger partial charge is 0.393 e. The molecular formula is C11H15N5O3. The van der Waals surface area contributed by atoms with Gasteiger partial charge in [0, 0.05) is 12.1 Å². The Morgan fingerprint density at radius 1 is 1.42 bits per heavy atom. The number of nitro groups is 1. The van der Waals surface area contributed by atoms with Crippen LogP contribution in [-0.2, 0) is 0 Å². The van der Waals surface area contributed by atoms with E-state index in [0.717, 1.165) is 19.0 Å². The van der Waals surface area contributed by atoms with Gasteiger partial charge in [-0.05, 0) is 25.7 Å². The number of nitrogens with two attached hydrogens (primary N) is 1. The molecule has 8 heteroatoms. The molecule has 0 saturated carbocycles. The molecule has 2 atom stereocenters. The maximum Gasteiger partial charge on any atom is 0.329 e. The fourth-order valence-corrected chi connectivity index (χ4v) is 3.12. The molecule has 1 aromatic heterocycles. The van der Waals surface area contributed by atoms with Crippen LogP contribution < -0.4 is 10.6 Å². The van der Waals surface area contributed by atoms with Crippen molar-refractivity contribution in [1.82, 2.24) is 9.97 Å². The number of aliphatic hydroxyl groups excluding tert-OH is 1. The zero-order valence-electron chi connectivity index (χ0n) is 10.3. The fraction of sp³-hybridized carbons (Fsp3) is 0.636. The van der Waals surface area contributed by atoms with Gasteiger partial charge in [0.05, 0.1) is 11.0 Å². The normalized spacial score (nSPS) is 29.5. The molecule has 2 unspecified atom stereocenters. The predicted molar refractivity (Wildman–Crippen MR) is 67.6 cm³/mol. The van der Waals surface area contributed by atoms with Gasteiger partial charge < -0.3 is 15.7 Å². The van der Waals surface area contributed by atoms with Crippen molar-refractivity contribution in [2.45, 2.75) is 43.9 Å². The summed E-state index contributed by atoms with van der Waals surface area (Å²) >= 11 is 0. The standard InChI is InChI=1S/C11H15N5O3/c12-10-9(16(18)19)5-13-11(14-10)15-6-1-2-7(15)4-8(17)3-6/h5-8,17H,1-4H2,(H2,12,13,14). The topological polar surface area (TPSA) is 118 Å². The van der Waals surface area contributed by atoms with Crippen LogP contribution in [0.1, 0.15) is 25.7 Å². The Hall–Kier alpha value is -1.96. The lowest BCUT2D eigenvalue weighted by molar-refractivity contribution is -0.384. The average Bonchev–Trinajstić information content (AvgIpc) is 2.61. The summed E-state index contributed by atoms with van der Waals surface area (Å²) in [5.41, 5.74) is 5.33. The number of fused-ring (bicyclic) bond motifs is 2. The highest BCUT2D eigenvalue weighted by Crippen LogP contribution is 2.38. The van der Waals surface area contributed by atoms with Gasteiger partial charge >= 0.3 is 5.69 Å². The SMILES string of the molecule is Nc1nc(N2C3CCC2CC(O)C3)ncc1[N+](=O)[O-]. The first-order valence-electron chi connectivity index (χ1n) is 6.29. The van der Waals surface area contributed by atoms with Crippen LogP contribution in [0.25, 0.3) is 0 Å². The van der Waals surface area contributed by atoms with Crippen molar-refractivity contribution >= 4 is 17.5 Å². The van der Waals surface area contributed by atoms with Gasteiger partial charge in [0.25, 0.3) is 0 Å². The van der Waals surface area contributed by atoms with Crippen LogP contribution in [-0.4, -0.2) is 38.2 Å². The second-order valence-electron chi connectivity index (χ2n) is 5.12. The van der Waals surface area contributed by atoms with Gasteiger partial charge in [0.15, 0.2) is 0 Å². The molecule has 2 fully saturated rings. The van der Waals surface area contributed by atoms with E-state index in [1.165, 1.54) is 0 Å². The summed E-state index contributed by atoms with van der Waals surface area (Å²) in [5, 5.41) is 20.4. The number of nitrogens with zero attached hydrogens (tertiary/aromatic N) is 4. The van der Waals surface area contributed by atoms with E-state index in [1.807, 2.05) is 4.90 Å². The average molecular weight is 265 g/mol. The minimum absolute atomic E-state index is 0.111. The van der Waals surface area contributed by atoms with Crippen LogP contribution in [0.5, 0.6) is 0 Å². The zero-order valence-corrected chi connectivity index (χ0v) is 10.3. The van der Waals surface area contributed by atoms with E-state index >= 15 is 0 Å². The predicted octanol–water partition coefficient (Wildman–Crippen LogP) is 0.459. The third kappa shape index (κ3) is 1.97. The van der Waals surface area contributed by atoms with Crippen LogP contribution >= 0.6 is 0 Å². The summed E-state index contributed by atoms with van der Waals surface area (Å²) in [7, 11) is 0. The molecule has 0 radical (unpaired) electrons. The number of nitrogen functional groups attached to an aromatic ring is 1. The Kier molecular flexibility index (Phi) is 2.74. The smallest absolute Gasteiger partial charge is 0.329 e. The highest BCUT2D eigenvalue weighted by Gasteiger charge is 2.41. The van der Waals surface area contributed by atoms with Crippen LogP contribution in [0.15, 0.2) is 6.20 Å². The van der Waals surface area contributed by atoms with E-state index in [1.54, 1.807) is 0 Å². The first-order chi connectivity index (χ1) is 9.06. The maximum absolute atomic E-state index is 10.7. The molecule has 3 rings (SSSR count). The van der Waals surface area contributed by atoms with E-state index in [-0.39, 0.29) is 29.7 Å². The number of hydrogen-bond donors (Lipinski definition) is 2. The molecule has 0 spiro atoms. The van der Waals surface area contributed by atoms with Gasteiger partial charge in [-0.2, -0.15) is 4.98 Å². The molecule has 2 saturated heterocycles. The zero-order chi connectivity index (χ0) is 13.6. The summed E-state index contributed by atoms with van der Waals surface area (Å²) in [6.45, 7) is 0. The molecule has 2 bridgehead atoms. The number of rotatable bonds is 2. The third-order valence-electron chi connectivity index (χ3n) is 3.92. The number of anilines is 2. The molecule has 1 aromatic rings. The second kappa shape index (κ2) is 4.30. The van der Waals surface area contributed by atoms with Crippen molar-refractivity contribution in [1.29, 1.82) is 0 Å². The van der Waals surface area contributed by atoms with Crippen LogP contribution in [0, 0.1) is 10.1 Å². The van der Waals surface area contributed by atoms with Gasteiger partial charge in [-0.1, -0.05) is 0 Å². The summed E-state index contributed by atoms with van der Waals surface area (Å²) in [6.07, 6.45) is 4.24. The van der Waals surface area contributed by atoms with Crippen molar-refractivity contribution in [2.75, 3.05) is 10.6 Å². The fourth-order valence-electron chi connectivity index (χ4n) is 3.12. The van der Waals surface area contributed by atoms with E-state index < -0.39 is 4.92 Å². The first-order valence-corrected chi connectivity index (χ1v) is 6.29. The summed E-state index contributed by atoms with van der Waals surface area (Å²) in [6, 6.07) is 0.407. The highest BCUT2D eigenvalue weighted by molar-refractivity contribution is 5.54. The Labute approximate surface area is 109 Å². The molecule has 0 aromatic carbocycles. The van der Waals surface area contributed by atoms with Crippen LogP contribution in [0.2, 0.25) is 0 Å². The lowest BCUT2D eigenvalue weighted by Crippen LogP contribution is -2.45. The Morgan fingerprint density at radius 2 is 2.05 bits per heavy atom. The van der Waals surface area contributed by atoms with Crippen LogP contribution in [0.4, 0.5) is 17.5 Å². The molecule has 2 aliphatic heterocycles. The minimum Gasteiger partial charge on any atom is -0.393 e. The Balaban J connectivity index is 1.91. The van der Waals surface area contributed by atoms with Gasteiger partial charge in [0.2, 0.25) is 11.8 Å². The molecule has 19 heavy (non-hydrogen) atoms. The molecule has 8 nitrogen and oxygen atoms in total. The Morgan fingerprint density at radius 3 is 2.58 bits per heavy atom. The minimum atomic E-state index is -0.590. The van der Waals surface area contributed by atoms with E-state index in [2.05, 4.69) is 9.97 Å². The summed E-state index contributed by atoms with van der Waals surface area (Å²) in [4.78, 5) is 20.3. The summed E-state index contributed by atoms with van der Waals surface area (Å²) < 4.78 is 0. The summed E-state index contributed by atoms with van der Waals surface area (Å²) in [5.74, 6) is 0.322. The van der Waals surface area contributed by atoms with E-state index in [9.17, 15) is 15.2 Å². The van der Waals surface area contributed by atoms with Crippen molar-refractivity contribution in [3.8, 4) is 0 Å². The van der Waals surface area contributed by atoms with Crippen molar-refractivity contribution in [3.05, 3.63) is 16.3 Å². The first kappa shape index (κ1) is 12.1. The van der Waals surface area contributed by atoms with E-state index in [4.69, 9.17) is 5.73 Å². The third-order valence-corrected chi connectivity index (χ3v) is 3.92. The van der Waals surface area contributed by atoms with Crippen LogP contribution in [0.3, 0.4) is 0 Å². The molecule has 0 amide bonds. The number of aromatic nitrogens is 2. The lowest BCUT2D eigenvalue weighted by atomic mass is 10.0. The lowest BCUT2D eigenvalue weighted by Gasteiger charge is -2.37. The van der Waals surface area contributed by atoms with E-state index in [0.29, 0.717) is 18.8 Å². The van der Waals surface area contributed by atoms with Crippen molar-refractivity contribution in [3.63, 3.8) is 0 Å². The number of aliphatic hydroxyl groups is 1. The van der Waals surface area contributed by atoms with Gasteiger partial charge in [-0.3, -0.25) is 10.1 Å². The number of piperidine rings is 1. The molecular weight excluding hydrogens is 250 g/mol. The van der Waals surface area contributed by atoms with Gasteiger partial charge in [-0.25, -0.2) is 4.98 Å². The molecule has 3 N–H and O–H groups in total. The molecule has 0 aliphatic carbocycles. The maximum atomic E-state index is 10.7. The molecule has 2 aliphatic rings. The van der Waals surface area contributed by atoms with Gasteiger partial charge in [-0.15, -0.1) is 0 Å².